The summed E-state index contributed by atoms with van der Waals surface area (Å²) in [6, 6.07) is 0. The maximum atomic E-state index is 12.8. The van der Waals surface area contributed by atoms with Gasteiger partial charge < -0.3 is 33.9 Å². The quantitative estimate of drug-likeness (QED) is 0.0382. The van der Waals surface area contributed by atoms with E-state index >= 15 is 0 Å². The van der Waals surface area contributed by atoms with Crippen LogP contribution in [0.1, 0.15) is 205 Å². The molecule has 46 unspecified atom stereocenters. The monoisotopic (exact) mass is 1610 g/mol. The first-order valence-electron chi connectivity index (χ1n) is 46.5. The summed E-state index contributed by atoms with van der Waals surface area (Å²) >= 11 is -1.67. The van der Waals surface area contributed by atoms with Gasteiger partial charge in [-0.1, -0.05) is 88.5 Å². The zero-order valence-electron chi connectivity index (χ0n) is 70.2. The van der Waals surface area contributed by atoms with E-state index in [1.54, 1.807) is 0 Å². The highest BCUT2D eigenvalue weighted by Crippen LogP contribution is 2.77. The van der Waals surface area contributed by atoms with Crippen LogP contribution >= 0.6 is 0 Å². The molecule has 19 nitrogen and oxygen atoms in total. The lowest BCUT2D eigenvalue weighted by atomic mass is 9.62. The van der Waals surface area contributed by atoms with Gasteiger partial charge in [0.05, 0.1) is 56.5 Å². The van der Waals surface area contributed by atoms with E-state index in [0.717, 1.165) is 254 Å². The number of esters is 3. The Hall–Kier alpha value is -3.24. The highest BCUT2D eigenvalue weighted by molar-refractivity contribution is 7.89. The van der Waals surface area contributed by atoms with E-state index in [1.165, 1.54) is 64.2 Å². The molecule has 0 radical (unpaired) electrons. The lowest BCUT2D eigenvalue weighted by Gasteiger charge is -2.43. The first kappa shape index (κ1) is 82.1. The Morgan fingerprint density at radius 2 is 0.673 bits per heavy atom. The molecule has 0 aromatic heterocycles. The lowest BCUT2D eigenvalue weighted by molar-refractivity contribution is -0.160. The number of carbonyl (C=O) groups excluding carboxylic acids is 5. The number of sulfonamides is 1. The van der Waals surface area contributed by atoms with Gasteiger partial charge in [0.15, 0.2) is 6.61 Å². The van der Waals surface area contributed by atoms with Gasteiger partial charge in [-0.05, 0) is 353 Å². The van der Waals surface area contributed by atoms with Crippen LogP contribution in [-0.2, 0) is 77.9 Å². The Morgan fingerprint density at radius 3 is 0.991 bits per heavy atom. The largest absolute Gasteiger partial charge is 0.479 e. The molecule has 4 N–H and O–H groups in total. The molecule has 113 heavy (non-hydrogen) atoms. The second-order valence-electron chi connectivity index (χ2n) is 42.9. The van der Waals surface area contributed by atoms with Gasteiger partial charge in [-0.25, -0.2) is 17.4 Å². The van der Waals surface area contributed by atoms with Crippen molar-refractivity contribution in [3.63, 3.8) is 0 Å². The molecule has 20 bridgehead atoms. The van der Waals surface area contributed by atoms with Crippen LogP contribution in [0.4, 0.5) is 0 Å². The van der Waals surface area contributed by atoms with Crippen molar-refractivity contribution in [2.75, 3.05) is 59.1 Å². The number of fused-ring (bicyclic) bond motifs is 45. The Kier molecular flexibility index (Phi) is 23.5. The van der Waals surface area contributed by atoms with Crippen molar-refractivity contribution < 1.29 is 79.5 Å². The first-order chi connectivity index (χ1) is 54.1. The topological polar surface area (TPSA) is 274 Å². The highest BCUT2D eigenvalue weighted by atomic mass is 32.2. The fourth-order valence-corrected chi connectivity index (χ4v) is 36.8. The zero-order chi connectivity index (χ0) is 79.6. The van der Waals surface area contributed by atoms with Crippen LogP contribution in [0.3, 0.4) is 0 Å². The fraction of sp³-hybridized carbons (Fsp3) is 0.935. The van der Waals surface area contributed by atoms with Crippen LogP contribution in [0, 0.1) is 266 Å². The van der Waals surface area contributed by atoms with Gasteiger partial charge in [0.1, 0.15) is 13.2 Å². The van der Waals surface area contributed by atoms with Gasteiger partial charge in [0.25, 0.3) is 11.3 Å². The molecule has 0 aromatic carbocycles. The average Bonchev–Trinajstić information content (AvgIpc) is 1.57. The number of aliphatic hydroxyl groups excluding tert-OH is 1. The van der Waals surface area contributed by atoms with Crippen LogP contribution in [0.25, 0.3) is 0 Å². The molecule has 21 fully saturated rings. The number of carboxylic acid groups (broad SMARTS) is 1. The molecule has 21 rings (SSSR count). The Balaban J connectivity index is 0.000000102. The third-order valence-corrected chi connectivity index (χ3v) is 41.2. The second kappa shape index (κ2) is 32.3. The number of ether oxygens (including phenoxy) is 5. The van der Waals surface area contributed by atoms with E-state index < -0.39 is 33.9 Å². The number of aliphatic carboxylic acids is 1. The SMILES string of the molecule is CC1C(C)C2CC1C1C3CC(C(=O)NS(=O)OC4CCCCC4)C(C3)C21.CC1C(C)C2CC1C1C3CC(C(=O)NS(C)(=O)=O)C(C3)C21.CC1C(C)C2CC1C1C3CC(C(=O)OCC(=O)O)C(C3)C21.CC1C(C)C2CC1C1C3CC(C(=O)OCCOCCO)C(C3)C21.CCOCCOC(=O)C1CC2CC1C1C3CC(C(C)C3C)C21. The van der Waals surface area contributed by atoms with E-state index in [4.69, 9.17) is 38.1 Å². The van der Waals surface area contributed by atoms with E-state index in [1.807, 2.05) is 6.92 Å². The predicted molar refractivity (Wildman–Crippen MR) is 425 cm³/mol. The van der Waals surface area contributed by atoms with Crippen molar-refractivity contribution >= 4 is 57.0 Å². The minimum absolute atomic E-state index is 0.00596. The molecule has 0 aliphatic heterocycles. The van der Waals surface area contributed by atoms with Crippen molar-refractivity contribution in [2.24, 2.45) is 266 Å². The molecule has 0 saturated heterocycles. The van der Waals surface area contributed by atoms with Crippen molar-refractivity contribution in [2.45, 2.75) is 211 Å². The molecule has 0 spiro atoms. The summed E-state index contributed by atoms with van der Waals surface area (Å²) < 4.78 is 71.8. The Bertz CT molecular complexity index is 3660. The summed E-state index contributed by atoms with van der Waals surface area (Å²) in [5.41, 5.74) is 0. The number of carboxylic acids is 1. The van der Waals surface area contributed by atoms with Gasteiger partial charge in [-0.15, -0.1) is 0 Å². The molecule has 21 heteroatoms. The Morgan fingerprint density at radius 1 is 0.372 bits per heavy atom. The molecular weight excluding hydrogens is 1470 g/mol. The van der Waals surface area contributed by atoms with Crippen molar-refractivity contribution in [3.05, 3.63) is 0 Å². The number of hydrogen-bond acceptors (Lipinski definition) is 16. The number of rotatable bonds is 20. The summed E-state index contributed by atoms with van der Waals surface area (Å²) in [7, 11) is -3.43. The summed E-state index contributed by atoms with van der Waals surface area (Å²) in [6.07, 6.45) is 24.7. The number of hydrogen-bond donors (Lipinski definition) is 4. The fourth-order valence-electron chi connectivity index (χ4n) is 35.4. The first-order valence-corrected chi connectivity index (χ1v) is 49.4. The summed E-state index contributed by atoms with van der Waals surface area (Å²) in [5, 5.41) is 17.3. The standard InChI is InChI=1S/C21H33NO3S.C19H30O4.C19H30O3.C17H24O4.C16H25NO3S/c1-11-12(2)16-10-15(11)19-13-8-17(20(16)19)18(9-13)21(23)22-26(24)25-14-6-4-3-5-7-14;1-10-11(2)14-9-13(10)17-12-7-15(18(14)17)16(8-12)19(21)23-6-5-22-4-3-20;1-4-21-5-6-22-19(20)16-8-12-7-15(16)18-14-9-13(17(12)18)10(2)11(14)3;1-7-8(2)11-5-10(7)15-9-3-12(16(11)15)13(4-9)17(20)21-6-14(18)19;1-7-8(2)11-6-10(7)14-9-4-12(15(11)14)13(5-9)16(18)17-21(3,19)20/h11-20H,3-10H2,1-2H3,(H,22,23);10-18,20H,3-9H2,1-2H3;10-18H,4-9H2,1-3H3;7-13,15-16H,3-6H2,1-2H3,(H,18,19);7-15H,4-6H2,1-3H3,(H,17,18). The highest BCUT2D eigenvalue weighted by Gasteiger charge is 2.72. The maximum absolute atomic E-state index is 12.8. The summed E-state index contributed by atoms with van der Waals surface area (Å²) in [6.45, 7) is 28.4. The molecule has 634 valence electrons. The number of nitrogens with one attached hydrogen (secondary N) is 2. The molecular formula is C92H142N2O17S2. The lowest BCUT2D eigenvalue weighted by Crippen LogP contribution is -2.44. The van der Waals surface area contributed by atoms with Gasteiger partial charge in [-0.2, -0.15) is 0 Å². The average molecular weight is 1610 g/mol. The number of amides is 2. The van der Waals surface area contributed by atoms with Gasteiger partial charge in [0, 0.05) is 18.4 Å². The smallest absolute Gasteiger partial charge is 0.341 e. The molecule has 0 aromatic rings. The molecule has 21 saturated carbocycles. The summed E-state index contributed by atoms with van der Waals surface area (Å²) in [4.78, 5) is 72.8. The molecule has 46 atom stereocenters. The normalized spacial score (nSPS) is 51.6. The molecule has 21 aliphatic carbocycles. The van der Waals surface area contributed by atoms with E-state index in [0.29, 0.717) is 92.9 Å². The maximum Gasteiger partial charge on any atom is 0.341 e. The summed E-state index contributed by atoms with van der Waals surface area (Å²) in [5.74, 6) is 30.4. The van der Waals surface area contributed by atoms with Crippen LogP contribution in [-0.4, -0.2) is 124 Å². The van der Waals surface area contributed by atoms with Crippen molar-refractivity contribution in [1.29, 1.82) is 0 Å². The van der Waals surface area contributed by atoms with Crippen LogP contribution in [0.5, 0.6) is 0 Å². The van der Waals surface area contributed by atoms with Gasteiger partial charge >= 0.3 is 23.9 Å². The second-order valence-corrected chi connectivity index (χ2v) is 45.5. The number of carbonyl (C=O) groups is 6. The van der Waals surface area contributed by atoms with Gasteiger partial charge in [0.2, 0.25) is 21.8 Å². The zero-order valence-corrected chi connectivity index (χ0v) is 71.8. The van der Waals surface area contributed by atoms with Crippen LogP contribution in [0.2, 0.25) is 0 Å². The van der Waals surface area contributed by atoms with Crippen molar-refractivity contribution in [1.82, 2.24) is 9.44 Å². The third-order valence-electron chi connectivity index (χ3n) is 39.8. The van der Waals surface area contributed by atoms with Crippen molar-refractivity contribution in [3.8, 4) is 0 Å². The van der Waals surface area contributed by atoms with E-state index in [2.05, 4.69) is 78.7 Å². The Labute approximate surface area is 678 Å². The molecule has 2 amide bonds. The number of aliphatic hydroxyl groups is 1. The predicted octanol–water partition coefficient (Wildman–Crippen LogP) is 13.9. The van der Waals surface area contributed by atoms with Crippen LogP contribution in [0.15, 0.2) is 0 Å². The minimum Gasteiger partial charge on any atom is -0.479 e. The molecule has 0 heterocycles. The van der Waals surface area contributed by atoms with Gasteiger partial charge in [-0.3, -0.25) is 37.6 Å². The molecule has 21 aliphatic rings. The minimum atomic E-state index is -3.43. The van der Waals surface area contributed by atoms with Crippen LogP contribution < -0.4 is 9.44 Å². The van der Waals surface area contributed by atoms with E-state index in [-0.39, 0.29) is 72.0 Å². The third kappa shape index (κ3) is 14.2. The van der Waals surface area contributed by atoms with E-state index in [9.17, 15) is 41.4 Å².